The normalized spacial score (nSPS) is 11.0. The number of nitro benzene ring substituents is 1. The first kappa shape index (κ1) is 20.3. The first-order chi connectivity index (χ1) is 12.8. The van der Waals surface area contributed by atoms with Crippen molar-refractivity contribution >= 4 is 21.4 Å². The molecule has 2 rings (SSSR count). The third-order valence-corrected chi connectivity index (χ3v) is 5.22. The fourth-order valence-corrected chi connectivity index (χ4v) is 3.66. The lowest BCUT2D eigenvalue weighted by molar-refractivity contribution is -0.385. The van der Waals surface area contributed by atoms with E-state index in [0.29, 0.717) is 4.47 Å². The minimum atomic E-state index is -4.28. The van der Waals surface area contributed by atoms with E-state index in [2.05, 4.69) is 0 Å². The molecule has 0 aromatic heterocycles. The number of hydrogen-bond acceptors (Lipinski definition) is 8. The van der Waals surface area contributed by atoms with Crippen molar-refractivity contribution in [3.8, 4) is 17.2 Å². The second kappa shape index (κ2) is 8.10. The zero-order chi connectivity index (χ0) is 20.2. The topological polar surface area (TPSA) is 117 Å². The van der Waals surface area contributed by atoms with Gasteiger partial charge >= 0.3 is 0 Å². The molecule has 0 aliphatic rings. The molecule has 0 aliphatic heterocycles. The summed E-state index contributed by atoms with van der Waals surface area (Å²) in [5, 5.41) is 10.9. The predicted octanol–water partition coefficient (Wildman–Crippen LogP) is 2.38. The van der Waals surface area contributed by atoms with Gasteiger partial charge in [-0.1, -0.05) is 6.07 Å². The summed E-state index contributed by atoms with van der Waals surface area (Å²) < 4.78 is 42.2. The van der Waals surface area contributed by atoms with Crippen molar-refractivity contribution in [2.24, 2.45) is 0 Å². The minimum absolute atomic E-state index is 0.0542. The molecule has 146 valence electrons. The van der Waals surface area contributed by atoms with Crippen LogP contribution in [-0.4, -0.2) is 41.8 Å². The third-order valence-electron chi connectivity index (χ3n) is 3.57. The van der Waals surface area contributed by atoms with Crippen LogP contribution in [0.4, 0.5) is 11.4 Å². The molecule has 0 atom stereocenters. The Hall–Kier alpha value is -3.05. The van der Waals surface area contributed by atoms with Crippen molar-refractivity contribution in [3.05, 3.63) is 46.5 Å². The van der Waals surface area contributed by atoms with Crippen LogP contribution in [0.2, 0.25) is 0 Å². The minimum Gasteiger partial charge on any atom is -0.493 e. The van der Waals surface area contributed by atoms with Gasteiger partial charge in [0.25, 0.3) is 15.7 Å². The standard InChI is InChI=1S/C16H18N2O8S/c1-23-14-9-12(10-15(24-2)16(14)25-3)18(26-4)27(21,22)13-7-5-6-11(8-13)17(19)20/h5-10H,1-4H3. The molecule has 0 saturated carbocycles. The Morgan fingerprint density at radius 1 is 0.963 bits per heavy atom. The van der Waals surface area contributed by atoms with Crippen LogP contribution in [-0.2, 0) is 14.9 Å². The molecule has 0 heterocycles. The van der Waals surface area contributed by atoms with Crippen molar-refractivity contribution in [2.75, 3.05) is 32.9 Å². The third kappa shape index (κ3) is 3.88. The summed E-state index contributed by atoms with van der Waals surface area (Å²) in [6, 6.07) is 7.38. The van der Waals surface area contributed by atoms with Crippen molar-refractivity contribution in [1.82, 2.24) is 0 Å². The Morgan fingerprint density at radius 2 is 1.56 bits per heavy atom. The van der Waals surface area contributed by atoms with Gasteiger partial charge in [0.2, 0.25) is 5.75 Å². The summed E-state index contributed by atoms with van der Waals surface area (Å²) in [6.07, 6.45) is 0. The number of methoxy groups -OCH3 is 3. The number of hydrogen-bond donors (Lipinski definition) is 0. The molecule has 2 aromatic rings. The highest BCUT2D eigenvalue weighted by molar-refractivity contribution is 7.92. The van der Waals surface area contributed by atoms with E-state index in [-0.39, 0.29) is 33.5 Å². The zero-order valence-corrected chi connectivity index (χ0v) is 15.8. The van der Waals surface area contributed by atoms with E-state index in [1.165, 1.54) is 51.7 Å². The summed E-state index contributed by atoms with van der Waals surface area (Å²) in [5.41, 5.74) is -0.310. The predicted molar refractivity (Wildman–Crippen MR) is 95.9 cm³/mol. The van der Waals surface area contributed by atoms with Crippen LogP contribution in [0.25, 0.3) is 0 Å². The van der Waals surface area contributed by atoms with Gasteiger partial charge in [-0.15, -0.1) is 4.47 Å². The molecule has 0 saturated heterocycles. The van der Waals surface area contributed by atoms with Crippen LogP contribution >= 0.6 is 0 Å². The lowest BCUT2D eigenvalue weighted by Crippen LogP contribution is -2.30. The maximum absolute atomic E-state index is 13.0. The highest BCUT2D eigenvalue weighted by atomic mass is 32.2. The summed E-state index contributed by atoms with van der Waals surface area (Å²) in [6.45, 7) is 0. The van der Waals surface area contributed by atoms with Crippen molar-refractivity contribution in [3.63, 3.8) is 0 Å². The fourth-order valence-electron chi connectivity index (χ4n) is 2.37. The molecule has 27 heavy (non-hydrogen) atoms. The number of rotatable bonds is 8. The van der Waals surface area contributed by atoms with Crippen LogP contribution in [0.15, 0.2) is 41.3 Å². The van der Waals surface area contributed by atoms with E-state index in [0.717, 1.165) is 13.2 Å². The molecule has 0 spiro atoms. The maximum Gasteiger partial charge on any atom is 0.286 e. The Bertz CT molecular complexity index is 920. The first-order valence-corrected chi connectivity index (χ1v) is 8.88. The smallest absolute Gasteiger partial charge is 0.286 e. The van der Waals surface area contributed by atoms with Crippen LogP contribution in [0, 0.1) is 10.1 Å². The van der Waals surface area contributed by atoms with Crippen molar-refractivity contribution in [1.29, 1.82) is 0 Å². The highest BCUT2D eigenvalue weighted by Crippen LogP contribution is 2.42. The molecule has 0 aliphatic carbocycles. The zero-order valence-electron chi connectivity index (χ0n) is 15.0. The highest BCUT2D eigenvalue weighted by Gasteiger charge is 2.29. The Kier molecular flexibility index (Phi) is 6.08. The monoisotopic (exact) mass is 398 g/mol. The first-order valence-electron chi connectivity index (χ1n) is 7.44. The van der Waals surface area contributed by atoms with Crippen LogP contribution in [0.5, 0.6) is 17.2 Å². The van der Waals surface area contributed by atoms with Gasteiger partial charge < -0.3 is 14.2 Å². The number of non-ortho nitro benzene ring substituents is 1. The van der Waals surface area contributed by atoms with Gasteiger partial charge in [-0.2, -0.15) is 8.42 Å². The van der Waals surface area contributed by atoms with E-state index >= 15 is 0 Å². The molecular formula is C16H18N2O8S. The summed E-state index contributed by atoms with van der Waals surface area (Å²) in [4.78, 5) is 15.0. The summed E-state index contributed by atoms with van der Waals surface area (Å²) in [7, 11) is 1.05. The van der Waals surface area contributed by atoms with E-state index < -0.39 is 14.9 Å². The lowest BCUT2D eigenvalue weighted by Gasteiger charge is -2.23. The molecule has 0 unspecified atom stereocenters. The number of sulfonamides is 1. The maximum atomic E-state index is 13.0. The average molecular weight is 398 g/mol. The lowest BCUT2D eigenvalue weighted by atomic mass is 10.2. The van der Waals surface area contributed by atoms with E-state index in [4.69, 9.17) is 19.0 Å². The Balaban J connectivity index is 2.62. The number of nitrogens with zero attached hydrogens (tertiary/aromatic N) is 2. The van der Waals surface area contributed by atoms with Crippen LogP contribution in [0.1, 0.15) is 0 Å². The number of benzene rings is 2. The molecule has 0 amide bonds. The molecule has 11 heteroatoms. The van der Waals surface area contributed by atoms with Gasteiger partial charge in [0.1, 0.15) is 0 Å². The molecule has 0 radical (unpaired) electrons. The Labute approximate surface area is 156 Å². The fraction of sp³-hybridized carbons (Fsp3) is 0.250. The van der Waals surface area contributed by atoms with Crippen LogP contribution in [0.3, 0.4) is 0 Å². The van der Waals surface area contributed by atoms with Crippen molar-refractivity contribution < 1.29 is 32.4 Å². The average Bonchev–Trinajstić information content (AvgIpc) is 2.67. The Morgan fingerprint density at radius 3 is 2.00 bits per heavy atom. The van der Waals surface area contributed by atoms with Gasteiger partial charge in [-0.05, 0) is 6.07 Å². The van der Waals surface area contributed by atoms with E-state index in [1.807, 2.05) is 0 Å². The quantitative estimate of drug-likeness (QED) is 0.491. The molecule has 0 fully saturated rings. The molecule has 2 aromatic carbocycles. The largest absolute Gasteiger partial charge is 0.493 e. The van der Waals surface area contributed by atoms with Crippen molar-refractivity contribution in [2.45, 2.75) is 4.90 Å². The SMILES string of the molecule is COc1cc(N(OC)S(=O)(=O)c2cccc([N+](=O)[O-])c2)cc(OC)c1OC. The molecule has 0 bridgehead atoms. The van der Waals surface area contributed by atoms with Gasteiger partial charge in [0, 0.05) is 24.3 Å². The molecule has 10 nitrogen and oxygen atoms in total. The van der Waals surface area contributed by atoms with E-state index in [1.54, 1.807) is 0 Å². The number of anilines is 1. The van der Waals surface area contributed by atoms with Gasteiger partial charge in [-0.25, -0.2) is 0 Å². The second-order valence-corrected chi connectivity index (χ2v) is 6.81. The molecular weight excluding hydrogens is 380 g/mol. The molecule has 0 N–H and O–H groups in total. The number of nitro groups is 1. The van der Waals surface area contributed by atoms with Gasteiger partial charge in [0.15, 0.2) is 11.5 Å². The van der Waals surface area contributed by atoms with Gasteiger partial charge in [0.05, 0.1) is 43.9 Å². The number of ether oxygens (including phenoxy) is 3. The van der Waals surface area contributed by atoms with E-state index in [9.17, 15) is 18.5 Å². The summed E-state index contributed by atoms with van der Waals surface area (Å²) in [5.74, 6) is 0.693. The second-order valence-electron chi connectivity index (χ2n) is 5.05. The van der Waals surface area contributed by atoms with Crippen LogP contribution < -0.4 is 18.7 Å². The van der Waals surface area contributed by atoms with Gasteiger partial charge in [-0.3, -0.25) is 15.0 Å². The summed E-state index contributed by atoms with van der Waals surface area (Å²) >= 11 is 0.